The van der Waals surface area contributed by atoms with Gasteiger partial charge in [0.2, 0.25) is 0 Å². The number of methoxy groups -OCH3 is 1. The van der Waals surface area contributed by atoms with Crippen LogP contribution in [0, 0.1) is 0 Å². The van der Waals surface area contributed by atoms with E-state index in [1.54, 1.807) is 60.7 Å². The molecule has 3 aromatic rings. The van der Waals surface area contributed by atoms with Crippen LogP contribution in [0.5, 0.6) is 0 Å². The Bertz CT molecular complexity index is 1050. The van der Waals surface area contributed by atoms with Gasteiger partial charge in [0.15, 0.2) is 6.10 Å². The summed E-state index contributed by atoms with van der Waals surface area (Å²) in [7, 11) is 1.27. The van der Waals surface area contributed by atoms with Crippen molar-refractivity contribution >= 4 is 29.7 Å². The number of amides is 1. The zero-order valence-corrected chi connectivity index (χ0v) is 16.1. The number of halogens is 1. The van der Waals surface area contributed by atoms with E-state index in [0.29, 0.717) is 22.6 Å². The largest absolute Gasteiger partial charge is 0.465 e. The van der Waals surface area contributed by atoms with Crippen LogP contribution in [0.25, 0.3) is 11.3 Å². The fourth-order valence-corrected chi connectivity index (χ4v) is 2.72. The molecule has 0 unspecified atom stereocenters. The Balaban J connectivity index is 1.68. The minimum Gasteiger partial charge on any atom is -0.465 e. The zero-order valence-electron chi connectivity index (χ0n) is 15.3. The molecule has 1 atom stereocenters. The molecule has 0 fully saturated rings. The number of hydrazone groups is 1. The fraction of sp³-hybridized carbons (Fsp3) is 0.0952. The number of benzene rings is 2. The maximum absolute atomic E-state index is 12.0. The molecule has 8 heteroatoms. The standard InChI is InChI=1S/C21H17ClN2O5/c1-28-21(27)16-11-14(7-9-17(16)22)18-10-8-15(29-18)12-23-24-20(26)19(25)13-5-3-2-4-6-13/h2-12,19,25H,1H3,(H,24,26)/b23-12-/t19-/m1/s1. The molecule has 1 amide bonds. The number of aliphatic hydroxyl groups is 1. The van der Waals surface area contributed by atoms with Crippen molar-refractivity contribution in [3.8, 4) is 11.3 Å². The quantitative estimate of drug-likeness (QED) is 0.366. The van der Waals surface area contributed by atoms with Gasteiger partial charge >= 0.3 is 5.97 Å². The van der Waals surface area contributed by atoms with Gasteiger partial charge in [-0.2, -0.15) is 5.10 Å². The fourth-order valence-electron chi connectivity index (χ4n) is 2.53. The van der Waals surface area contributed by atoms with E-state index in [0.717, 1.165) is 0 Å². The van der Waals surface area contributed by atoms with Gasteiger partial charge in [0.1, 0.15) is 11.5 Å². The first-order valence-electron chi connectivity index (χ1n) is 8.53. The van der Waals surface area contributed by atoms with E-state index >= 15 is 0 Å². The van der Waals surface area contributed by atoms with Crippen LogP contribution in [0.15, 0.2) is 70.2 Å². The molecule has 3 rings (SSSR count). The number of furan rings is 1. The second-order valence-electron chi connectivity index (χ2n) is 5.94. The van der Waals surface area contributed by atoms with E-state index < -0.39 is 18.0 Å². The lowest BCUT2D eigenvalue weighted by molar-refractivity contribution is -0.129. The maximum atomic E-state index is 12.0. The van der Waals surface area contributed by atoms with Crippen molar-refractivity contribution in [2.75, 3.05) is 7.11 Å². The summed E-state index contributed by atoms with van der Waals surface area (Å²) in [6.07, 6.45) is -0.0256. The number of rotatable bonds is 6. The Morgan fingerprint density at radius 3 is 2.66 bits per heavy atom. The van der Waals surface area contributed by atoms with Crippen LogP contribution < -0.4 is 5.43 Å². The molecule has 2 aromatic carbocycles. The van der Waals surface area contributed by atoms with Crippen molar-refractivity contribution in [3.05, 3.63) is 82.6 Å². The van der Waals surface area contributed by atoms with Crippen LogP contribution in [0.3, 0.4) is 0 Å². The summed E-state index contributed by atoms with van der Waals surface area (Å²) >= 11 is 6.02. The highest BCUT2D eigenvalue weighted by molar-refractivity contribution is 6.33. The number of aliphatic hydroxyl groups excluding tert-OH is 1. The number of esters is 1. The highest BCUT2D eigenvalue weighted by Crippen LogP contribution is 2.27. The molecule has 0 saturated heterocycles. The molecule has 0 aliphatic heterocycles. The van der Waals surface area contributed by atoms with E-state index in [1.807, 2.05) is 0 Å². The zero-order chi connectivity index (χ0) is 20.8. The first kappa shape index (κ1) is 20.3. The number of ether oxygens (including phenoxy) is 1. The van der Waals surface area contributed by atoms with Crippen molar-refractivity contribution in [3.63, 3.8) is 0 Å². The monoisotopic (exact) mass is 412 g/mol. The van der Waals surface area contributed by atoms with Gasteiger partial charge in [-0.1, -0.05) is 41.9 Å². The molecule has 0 aliphatic carbocycles. The lowest BCUT2D eigenvalue weighted by Crippen LogP contribution is -2.25. The van der Waals surface area contributed by atoms with Crippen LogP contribution in [0.2, 0.25) is 5.02 Å². The molecule has 29 heavy (non-hydrogen) atoms. The summed E-state index contributed by atoms with van der Waals surface area (Å²) in [4.78, 5) is 23.7. The molecule has 1 aromatic heterocycles. The highest BCUT2D eigenvalue weighted by Gasteiger charge is 2.16. The molecule has 0 radical (unpaired) electrons. The van der Waals surface area contributed by atoms with E-state index in [9.17, 15) is 14.7 Å². The molecule has 0 spiro atoms. The number of nitrogens with zero attached hydrogens (tertiary/aromatic N) is 1. The van der Waals surface area contributed by atoms with Crippen LogP contribution in [0.4, 0.5) is 0 Å². The maximum Gasteiger partial charge on any atom is 0.339 e. The molecule has 0 saturated carbocycles. The Hall–Kier alpha value is -3.42. The Kier molecular flexibility index (Phi) is 6.43. The molecule has 2 N–H and O–H groups in total. The third-order valence-corrected chi connectivity index (χ3v) is 4.34. The van der Waals surface area contributed by atoms with Gasteiger partial charge in [0, 0.05) is 5.56 Å². The Labute approximate surface area is 171 Å². The molecule has 148 valence electrons. The third-order valence-electron chi connectivity index (χ3n) is 4.01. The SMILES string of the molecule is COC(=O)c1cc(-c2ccc(/C=N\NC(=O)[C@H](O)c3ccccc3)o2)ccc1Cl. The minimum absolute atomic E-state index is 0.223. The van der Waals surface area contributed by atoms with Gasteiger partial charge in [-0.15, -0.1) is 0 Å². The van der Waals surface area contributed by atoms with Crippen LogP contribution in [-0.2, 0) is 9.53 Å². The summed E-state index contributed by atoms with van der Waals surface area (Å²) in [5, 5.41) is 14.1. The number of carbonyl (C=O) groups is 2. The second-order valence-corrected chi connectivity index (χ2v) is 6.34. The normalized spacial score (nSPS) is 12.0. The summed E-state index contributed by atoms with van der Waals surface area (Å²) in [6.45, 7) is 0. The van der Waals surface area contributed by atoms with Crippen molar-refractivity contribution in [1.29, 1.82) is 0 Å². The van der Waals surface area contributed by atoms with Gasteiger partial charge in [0.05, 0.1) is 23.9 Å². The number of nitrogens with one attached hydrogen (secondary N) is 1. The predicted octanol–water partition coefficient (Wildman–Crippen LogP) is 3.57. The average molecular weight is 413 g/mol. The van der Waals surface area contributed by atoms with E-state index in [-0.39, 0.29) is 10.6 Å². The molecular weight excluding hydrogens is 396 g/mol. The molecule has 0 bridgehead atoms. The summed E-state index contributed by atoms with van der Waals surface area (Å²) in [5.74, 6) is -0.377. The van der Waals surface area contributed by atoms with Crippen LogP contribution in [-0.4, -0.2) is 30.3 Å². The summed E-state index contributed by atoms with van der Waals surface area (Å²) in [5.41, 5.74) is 3.57. The Morgan fingerprint density at radius 1 is 1.17 bits per heavy atom. The second kappa shape index (κ2) is 9.18. The van der Waals surface area contributed by atoms with Gasteiger partial charge in [0.25, 0.3) is 5.91 Å². The van der Waals surface area contributed by atoms with E-state index in [1.165, 1.54) is 13.3 Å². The highest BCUT2D eigenvalue weighted by atomic mass is 35.5. The first-order valence-corrected chi connectivity index (χ1v) is 8.91. The van der Waals surface area contributed by atoms with E-state index in [4.69, 9.17) is 20.8 Å². The van der Waals surface area contributed by atoms with Crippen molar-refractivity contribution < 1.29 is 23.8 Å². The van der Waals surface area contributed by atoms with Gasteiger partial charge in [-0.25, -0.2) is 10.2 Å². The number of hydrogen-bond acceptors (Lipinski definition) is 6. The van der Waals surface area contributed by atoms with Gasteiger partial charge < -0.3 is 14.3 Å². The summed E-state index contributed by atoms with van der Waals surface area (Å²) < 4.78 is 10.4. The molecule has 7 nitrogen and oxygen atoms in total. The lowest BCUT2D eigenvalue weighted by Gasteiger charge is -2.08. The van der Waals surface area contributed by atoms with E-state index in [2.05, 4.69) is 10.5 Å². The molecule has 0 aliphatic rings. The first-order chi connectivity index (χ1) is 14.0. The molecule has 1 heterocycles. The minimum atomic E-state index is -1.33. The lowest BCUT2D eigenvalue weighted by atomic mass is 10.1. The van der Waals surface area contributed by atoms with Crippen molar-refractivity contribution in [2.45, 2.75) is 6.10 Å². The van der Waals surface area contributed by atoms with Crippen LogP contribution >= 0.6 is 11.6 Å². The van der Waals surface area contributed by atoms with Crippen molar-refractivity contribution in [2.24, 2.45) is 5.10 Å². The number of hydrogen-bond donors (Lipinski definition) is 2. The van der Waals surface area contributed by atoms with Gasteiger partial charge in [-0.3, -0.25) is 4.79 Å². The summed E-state index contributed by atoms with van der Waals surface area (Å²) in [6, 6.07) is 16.7. The Morgan fingerprint density at radius 2 is 1.93 bits per heavy atom. The third kappa shape index (κ3) is 4.90. The number of carbonyl (C=O) groups excluding carboxylic acids is 2. The van der Waals surface area contributed by atoms with Gasteiger partial charge in [-0.05, 0) is 35.9 Å². The molecular formula is C21H17ClN2O5. The predicted molar refractivity (Wildman–Crippen MR) is 108 cm³/mol. The smallest absolute Gasteiger partial charge is 0.339 e. The topological polar surface area (TPSA) is 101 Å². The van der Waals surface area contributed by atoms with Crippen molar-refractivity contribution in [1.82, 2.24) is 5.43 Å². The van der Waals surface area contributed by atoms with Crippen LogP contribution in [0.1, 0.15) is 27.8 Å². The average Bonchev–Trinajstić information content (AvgIpc) is 3.22.